The molecule has 1 saturated heterocycles. The van der Waals surface area contributed by atoms with Crippen molar-refractivity contribution in [3.63, 3.8) is 0 Å². The number of carbonyl (C=O) groups excluding carboxylic acids is 1. The summed E-state index contributed by atoms with van der Waals surface area (Å²) in [4.78, 5) is 37.6. The van der Waals surface area contributed by atoms with Gasteiger partial charge in [-0.2, -0.15) is 0 Å². The van der Waals surface area contributed by atoms with Crippen molar-refractivity contribution in [2.24, 2.45) is 0 Å². The lowest BCUT2D eigenvalue weighted by atomic mass is 9.93. The SMILES string of the molecule is Cc1nc(C2CCN(C(=O)c3ccc4ncsc4c3)CC2)cc(=O)[nH]1. The molecule has 1 aliphatic rings. The highest BCUT2D eigenvalue weighted by atomic mass is 32.1. The molecule has 4 rings (SSSR count). The van der Waals surface area contributed by atoms with Crippen LogP contribution in [0, 0.1) is 6.92 Å². The largest absolute Gasteiger partial charge is 0.339 e. The van der Waals surface area contributed by atoms with Gasteiger partial charge in [-0.1, -0.05) is 0 Å². The topological polar surface area (TPSA) is 79.0 Å². The Balaban J connectivity index is 1.47. The molecule has 0 spiro atoms. The van der Waals surface area contributed by atoms with Crippen LogP contribution in [0.4, 0.5) is 0 Å². The summed E-state index contributed by atoms with van der Waals surface area (Å²) in [6.45, 7) is 3.15. The van der Waals surface area contributed by atoms with Gasteiger partial charge in [-0.3, -0.25) is 9.59 Å². The number of H-pyrrole nitrogens is 1. The molecule has 2 aromatic heterocycles. The second-order valence-corrected chi connectivity index (χ2v) is 7.24. The smallest absolute Gasteiger partial charge is 0.253 e. The van der Waals surface area contributed by atoms with Gasteiger partial charge in [0.25, 0.3) is 11.5 Å². The van der Waals surface area contributed by atoms with Crippen LogP contribution in [0.15, 0.2) is 34.6 Å². The van der Waals surface area contributed by atoms with E-state index in [0.717, 1.165) is 28.8 Å². The van der Waals surface area contributed by atoms with Crippen molar-refractivity contribution >= 4 is 27.5 Å². The van der Waals surface area contributed by atoms with Gasteiger partial charge in [0.2, 0.25) is 0 Å². The molecule has 1 fully saturated rings. The van der Waals surface area contributed by atoms with E-state index in [4.69, 9.17) is 0 Å². The number of aromatic nitrogens is 3. The van der Waals surface area contributed by atoms with Gasteiger partial charge in [0.05, 0.1) is 21.4 Å². The van der Waals surface area contributed by atoms with Crippen molar-refractivity contribution in [3.8, 4) is 0 Å². The van der Waals surface area contributed by atoms with Crippen LogP contribution in [-0.4, -0.2) is 38.8 Å². The first-order valence-corrected chi connectivity index (χ1v) is 9.18. The first kappa shape index (κ1) is 16.0. The minimum absolute atomic E-state index is 0.0591. The molecule has 7 heteroatoms. The number of nitrogens with zero attached hydrogens (tertiary/aromatic N) is 3. The Hall–Kier alpha value is -2.54. The molecule has 0 aliphatic carbocycles. The molecule has 0 unspecified atom stereocenters. The van der Waals surface area contributed by atoms with Gasteiger partial charge in [0.1, 0.15) is 5.82 Å². The number of hydrogen-bond donors (Lipinski definition) is 1. The summed E-state index contributed by atoms with van der Waals surface area (Å²) >= 11 is 1.54. The maximum absolute atomic E-state index is 12.8. The molecular weight excluding hydrogens is 336 g/mol. The summed E-state index contributed by atoms with van der Waals surface area (Å²) in [5, 5.41) is 0. The fourth-order valence-corrected chi connectivity index (χ4v) is 4.08. The van der Waals surface area contributed by atoms with Crippen molar-refractivity contribution in [1.29, 1.82) is 0 Å². The van der Waals surface area contributed by atoms with Gasteiger partial charge in [0.15, 0.2) is 0 Å². The van der Waals surface area contributed by atoms with Gasteiger partial charge >= 0.3 is 0 Å². The van der Waals surface area contributed by atoms with E-state index in [9.17, 15) is 9.59 Å². The highest BCUT2D eigenvalue weighted by Gasteiger charge is 2.26. The number of carbonyl (C=O) groups is 1. The van der Waals surface area contributed by atoms with Crippen LogP contribution in [0.5, 0.6) is 0 Å². The van der Waals surface area contributed by atoms with E-state index in [0.29, 0.717) is 24.5 Å². The molecule has 1 aliphatic heterocycles. The van der Waals surface area contributed by atoms with Crippen LogP contribution < -0.4 is 5.56 Å². The second-order valence-electron chi connectivity index (χ2n) is 6.36. The Labute approximate surface area is 148 Å². The molecule has 3 heterocycles. The second kappa shape index (κ2) is 6.40. The van der Waals surface area contributed by atoms with Crippen LogP contribution in [-0.2, 0) is 0 Å². The minimum atomic E-state index is -0.112. The van der Waals surface area contributed by atoms with Crippen molar-refractivity contribution in [2.75, 3.05) is 13.1 Å². The molecule has 0 atom stereocenters. The predicted molar refractivity (Wildman–Crippen MR) is 97.1 cm³/mol. The van der Waals surface area contributed by atoms with E-state index in [-0.39, 0.29) is 17.4 Å². The molecule has 25 heavy (non-hydrogen) atoms. The van der Waals surface area contributed by atoms with E-state index >= 15 is 0 Å². The third kappa shape index (κ3) is 3.19. The molecule has 128 valence electrons. The van der Waals surface area contributed by atoms with Crippen LogP contribution >= 0.6 is 11.3 Å². The molecule has 1 amide bonds. The lowest BCUT2D eigenvalue weighted by molar-refractivity contribution is 0.0712. The van der Waals surface area contributed by atoms with Crippen molar-refractivity contribution < 1.29 is 4.79 Å². The number of hydrogen-bond acceptors (Lipinski definition) is 5. The quantitative estimate of drug-likeness (QED) is 0.767. The highest BCUT2D eigenvalue weighted by molar-refractivity contribution is 7.16. The van der Waals surface area contributed by atoms with Crippen LogP contribution in [0.2, 0.25) is 0 Å². The Morgan fingerprint density at radius 1 is 1.28 bits per heavy atom. The van der Waals surface area contributed by atoms with Gasteiger partial charge in [-0.25, -0.2) is 9.97 Å². The number of piperidine rings is 1. The molecule has 1 aromatic carbocycles. The molecule has 0 saturated carbocycles. The number of nitrogens with one attached hydrogen (secondary N) is 1. The van der Waals surface area contributed by atoms with Gasteiger partial charge in [-0.15, -0.1) is 11.3 Å². The normalized spacial score (nSPS) is 15.6. The van der Waals surface area contributed by atoms with Crippen molar-refractivity contribution in [2.45, 2.75) is 25.7 Å². The lowest BCUT2D eigenvalue weighted by Crippen LogP contribution is -2.38. The first-order chi connectivity index (χ1) is 12.1. The van der Waals surface area contributed by atoms with E-state index in [1.54, 1.807) is 29.8 Å². The summed E-state index contributed by atoms with van der Waals surface area (Å²) in [7, 11) is 0. The number of rotatable bonds is 2. The average molecular weight is 354 g/mol. The Kier molecular flexibility index (Phi) is 4.09. The molecule has 0 bridgehead atoms. The molecule has 6 nitrogen and oxygen atoms in total. The van der Waals surface area contributed by atoms with Gasteiger partial charge in [0, 0.05) is 30.6 Å². The predicted octanol–water partition coefficient (Wildman–Crippen LogP) is 2.71. The van der Waals surface area contributed by atoms with E-state index in [1.165, 1.54) is 0 Å². The molecule has 3 aromatic rings. The summed E-state index contributed by atoms with van der Waals surface area (Å²) in [6.07, 6.45) is 1.65. The van der Waals surface area contributed by atoms with Gasteiger partial charge in [-0.05, 0) is 38.0 Å². The number of thiazole rings is 1. The third-order valence-electron chi connectivity index (χ3n) is 4.66. The minimum Gasteiger partial charge on any atom is -0.339 e. The average Bonchev–Trinajstić information content (AvgIpc) is 3.08. The number of amides is 1. The Bertz CT molecular complexity index is 986. The number of aryl methyl sites for hydroxylation is 1. The summed E-state index contributed by atoms with van der Waals surface area (Å²) in [5.41, 5.74) is 4.15. The Morgan fingerprint density at radius 3 is 2.84 bits per heavy atom. The summed E-state index contributed by atoms with van der Waals surface area (Å²) < 4.78 is 1.03. The zero-order valence-corrected chi connectivity index (χ0v) is 14.7. The van der Waals surface area contributed by atoms with E-state index in [2.05, 4.69) is 15.0 Å². The zero-order chi connectivity index (χ0) is 17.4. The number of likely N-dealkylation sites (tertiary alicyclic amines) is 1. The maximum atomic E-state index is 12.8. The monoisotopic (exact) mass is 354 g/mol. The zero-order valence-electron chi connectivity index (χ0n) is 13.9. The highest BCUT2D eigenvalue weighted by Crippen LogP contribution is 2.27. The van der Waals surface area contributed by atoms with E-state index in [1.807, 2.05) is 23.1 Å². The fraction of sp³-hybridized carbons (Fsp3) is 0.333. The number of benzene rings is 1. The van der Waals surface area contributed by atoms with Crippen LogP contribution in [0.25, 0.3) is 10.2 Å². The van der Waals surface area contributed by atoms with Crippen molar-refractivity contribution in [1.82, 2.24) is 19.9 Å². The Morgan fingerprint density at radius 2 is 2.08 bits per heavy atom. The van der Waals surface area contributed by atoms with Crippen LogP contribution in [0.3, 0.4) is 0 Å². The van der Waals surface area contributed by atoms with Crippen molar-refractivity contribution in [3.05, 3.63) is 57.2 Å². The molecule has 1 N–H and O–H groups in total. The maximum Gasteiger partial charge on any atom is 0.253 e. The lowest BCUT2D eigenvalue weighted by Gasteiger charge is -2.31. The molecular formula is C18H18N4O2S. The fourth-order valence-electron chi connectivity index (χ4n) is 3.36. The third-order valence-corrected chi connectivity index (χ3v) is 5.45. The van der Waals surface area contributed by atoms with Crippen LogP contribution in [0.1, 0.15) is 40.6 Å². The van der Waals surface area contributed by atoms with Gasteiger partial charge < -0.3 is 9.88 Å². The standard InChI is InChI=1S/C18H18N4O2S/c1-11-20-15(9-17(23)21-11)12-4-6-22(7-5-12)18(24)13-2-3-14-16(8-13)25-10-19-14/h2-3,8-10,12H,4-7H2,1H3,(H,20,21,23). The number of fused-ring (bicyclic) bond motifs is 1. The molecule has 0 radical (unpaired) electrons. The summed E-state index contributed by atoms with van der Waals surface area (Å²) in [6, 6.07) is 7.24. The van der Waals surface area contributed by atoms with E-state index < -0.39 is 0 Å². The summed E-state index contributed by atoms with van der Waals surface area (Å²) in [5.74, 6) is 0.927. The first-order valence-electron chi connectivity index (χ1n) is 8.30. The number of aromatic amines is 1.